The maximum absolute atomic E-state index is 11.2. The number of aromatic carboxylic acids is 3. The molecule has 9 nitrogen and oxygen atoms in total. The van der Waals surface area contributed by atoms with Crippen molar-refractivity contribution in [3.05, 3.63) is 89.5 Å². The Kier molecular flexibility index (Phi) is 5.22. The molecule has 0 spiro atoms. The number of benzene rings is 3. The molecule has 1 heterocycles. The second kappa shape index (κ2) is 8.15. The van der Waals surface area contributed by atoms with Gasteiger partial charge in [-0.25, -0.2) is 14.4 Å². The highest BCUT2D eigenvalue weighted by molar-refractivity contribution is 5.89. The van der Waals surface area contributed by atoms with Gasteiger partial charge in [0.15, 0.2) is 11.6 Å². The van der Waals surface area contributed by atoms with Crippen molar-refractivity contribution in [2.45, 2.75) is 0 Å². The van der Waals surface area contributed by atoms with Gasteiger partial charge >= 0.3 is 17.9 Å². The Balaban J connectivity index is 1.88. The lowest BCUT2D eigenvalue weighted by atomic mass is 10.1. The average Bonchev–Trinajstić information content (AvgIpc) is 3.24. The number of rotatable bonds is 6. The van der Waals surface area contributed by atoms with Gasteiger partial charge in [-0.1, -0.05) is 24.3 Å². The molecule has 3 aromatic carbocycles. The minimum absolute atomic E-state index is 0.113. The van der Waals surface area contributed by atoms with Crippen molar-refractivity contribution < 1.29 is 29.7 Å². The van der Waals surface area contributed by atoms with Crippen molar-refractivity contribution in [1.29, 1.82) is 0 Å². The van der Waals surface area contributed by atoms with Crippen LogP contribution in [0.15, 0.2) is 72.8 Å². The fraction of sp³-hybridized carbons (Fsp3) is 0. The smallest absolute Gasteiger partial charge is 0.335 e. The summed E-state index contributed by atoms with van der Waals surface area (Å²) in [6, 6.07) is 18.3. The molecule has 0 fully saturated rings. The zero-order valence-electron chi connectivity index (χ0n) is 16.3. The van der Waals surface area contributed by atoms with E-state index in [1.807, 2.05) is 0 Å². The predicted molar refractivity (Wildman–Crippen MR) is 113 cm³/mol. The third-order valence-corrected chi connectivity index (χ3v) is 4.82. The minimum Gasteiger partial charge on any atom is -0.478 e. The van der Waals surface area contributed by atoms with Gasteiger partial charge in [-0.3, -0.25) is 4.57 Å². The van der Waals surface area contributed by atoms with E-state index in [0.29, 0.717) is 28.5 Å². The predicted octanol–water partition coefficient (Wildman–Crippen LogP) is 3.70. The number of carboxylic acid groups (broad SMARTS) is 3. The van der Waals surface area contributed by atoms with E-state index in [1.54, 1.807) is 41.0 Å². The number of hydrogen-bond donors (Lipinski definition) is 3. The molecule has 4 aromatic rings. The standard InChI is InChI=1S/C23H15N3O6/c27-21(28)15-5-1-13(2-6-15)19-24-25-20(14-3-7-16(8-4-14)22(29)30)26(19)18-11-9-17(10-12-18)23(31)32/h1-12H,(H,27,28)(H,29,30)(H,31,32). The molecule has 3 N–H and O–H groups in total. The molecule has 9 heteroatoms. The third kappa shape index (κ3) is 3.82. The SMILES string of the molecule is O=C(O)c1ccc(-c2nnc(-c3ccc(C(=O)O)cc3)n2-c2ccc(C(=O)O)cc2)cc1. The summed E-state index contributed by atoms with van der Waals surface area (Å²) in [4.78, 5) is 33.6. The second-order valence-electron chi connectivity index (χ2n) is 6.80. The average molecular weight is 429 g/mol. The molecule has 0 amide bonds. The monoisotopic (exact) mass is 429 g/mol. The third-order valence-electron chi connectivity index (χ3n) is 4.82. The molecular formula is C23H15N3O6. The molecule has 0 aliphatic carbocycles. The molecule has 0 saturated carbocycles. The molecule has 1 aromatic heterocycles. The van der Waals surface area contributed by atoms with Crippen LogP contribution in [0.25, 0.3) is 28.5 Å². The van der Waals surface area contributed by atoms with Crippen LogP contribution in [-0.2, 0) is 0 Å². The normalized spacial score (nSPS) is 10.6. The summed E-state index contributed by atoms with van der Waals surface area (Å²) in [7, 11) is 0. The van der Waals surface area contributed by atoms with Crippen LogP contribution >= 0.6 is 0 Å². The van der Waals surface area contributed by atoms with E-state index in [0.717, 1.165) is 0 Å². The van der Waals surface area contributed by atoms with E-state index in [-0.39, 0.29) is 16.7 Å². The molecule has 158 valence electrons. The van der Waals surface area contributed by atoms with E-state index < -0.39 is 17.9 Å². The van der Waals surface area contributed by atoms with Gasteiger partial charge in [0, 0.05) is 16.8 Å². The number of aromatic nitrogens is 3. The number of hydrogen-bond acceptors (Lipinski definition) is 5. The Labute approximate surface area is 180 Å². The Bertz CT molecular complexity index is 1250. The Morgan fingerprint density at radius 1 is 0.531 bits per heavy atom. The highest BCUT2D eigenvalue weighted by atomic mass is 16.4. The van der Waals surface area contributed by atoms with E-state index in [1.165, 1.54) is 36.4 Å². The van der Waals surface area contributed by atoms with Crippen molar-refractivity contribution in [3.63, 3.8) is 0 Å². The van der Waals surface area contributed by atoms with Gasteiger partial charge in [0.25, 0.3) is 0 Å². The lowest BCUT2D eigenvalue weighted by molar-refractivity contribution is 0.0686. The maximum atomic E-state index is 11.2. The van der Waals surface area contributed by atoms with Crippen molar-refractivity contribution >= 4 is 17.9 Å². The summed E-state index contributed by atoms with van der Waals surface area (Å²) in [6.07, 6.45) is 0. The summed E-state index contributed by atoms with van der Waals surface area (Å²) in [6.45, 7) is 0. The van der Waals surface area contributed by atoms with Gasteiger partial charge in [0.2, 0.25) is 0 Å². The molecule has 0 unspecified atom stereocenters. The van der Waals surface area contributed by atoms with Crippen molar-refractivity contribution in [1.82, 2.24) is 14.8 Å². The summed E-state index contributed by atoms with van der Waals surface area (Å²) >= 11 is 0. The van der Waals surface area contributed by atoms with Crippen molar-refractivity contribution in [2.75, 3.05) is 0 Å². The molecule has 0 bridgehead atoms. The zero-order chi connectivity index (χ0) is 22.8. The minimum atomic E-state index is -1.06. The van der Waals surface area contributed by atoms with Crippen LogP contribution in [0.3, 0.4) is 0 Å². The molecule has 0 aliphatic rings. The van der Waals surface area contributed by atoms with Crippen LogP contribution in [-0.4, -0.2) is 48.0 Å². The Hall–Kier alpha value is -4.79. The van der Waals surface area contributed by atoms with E-state index in [2.05, 4.69) is 10.2 Å². The Morgan fingerprint density at radius 3 is 1.16 bits per heavy atom. The van der Waals surface area contributed by atoms with Gasteiger partial charge in [-0.05, 0) is 48.5 Å². The van der Waals surface area contributed by atoms with Gasteiger partial charge < -0.3 is 15.3 Å². The number of carbonyl (C=O) groups is 3. The fourth-order valence-corrected chi connectivity index (χ4v) is 3.18. The fourth-order valence-electron chi connectivity index (χ4n) is 3.18. The van der Waals surface area contributed by atoms with Crippen LogP contribution in [0.5, 0.6) is 0 Å². The second-order valence-corrected chi connectivity index (χ2v) is 6.80. The lowest BCUT2D eigenvalue weighted by Gasteiger charge is -2.11. The van der Waals surface area contributed by atoms with E-state index in [9.17, 15) is 19.5 Å². The lowest BCUT2D eigenvalue weighted by Crippen LogP contribution is -2.03. The molecule has 0 atom stereocenters. The Morgan fingerprint density at radius 2 is 0.844 bits per heavy atom. The largest absolute Gasteiger partial charge is 0.478 e. The summed E-state index contributed by atoms with van der Waals surface area (Å²) < 4.78 is 1.69. The number of nitrogens with zero attached hydrogens (tertiary/aromatic N) is 3. The first-order chi connectivity index (χ1) is 15.3. The number of carboxylic acids is 3. The highest BCUT2D eigenvalue weighted by Gasteiger charge is 2.18. The van der Waals surface area contributed by atoms with E-state index in [4.69, 9.17) is 10.2 Å². The van der Waals surface area contributed by atoms with Crippen molar-refractivity contribution in [3.8, 4) is 28.5 Å². The first kappa shape index (κ1) is 20.5. The molecular weight excluding hydrogens is 414 g/mol. The van der Waals surface area contributed by atoms with E-state index >= 15 is 0 Å². The van der Waals surface area contributed by atoms with Gasteiger partial charge in [0.1, 0.15) is 0 Å². The molecule has 0 radical (unpaired) electrons. The highest BCUT2D eigenvalue weighted by Crippen LogP contribution is 2.29. The van der Waals surface area contributed by atoms with Gasteiger partial charge in [-0.15, -0.1) is 10.2 Å². The van der Waals surface area contributed by atoms with Gasteiger partial charge in [0.05, 0.1) is 16.7 Å². The first-order valence-corrected chi connectivity index (χ1v) is 9.32. The topological polar surface area (TPSA) is 143 Å². The first-order valence-electron chi connectivity index (χ1n) is 9.32. The summed E-state index contributed by atoms with van der Waals surface area (Å²) in [5.74, 6) is -2.36. The zero-order valence-corrected chi connectivity index (χ0v) is 16.3. The van der Waals surface area contributed by atoms with Gasteiger partial charge in [-0.2, -0.15) is 0 Å². The summed E-state index contributed by atoms with van der Waals surface area (Å²) in [5, 5.41) is 36.0. The molecule has 4 rings (SSSR count). The molecule has 0 aliphatic heterocycles. The maximum Gasteiger partial charge on any atom is 0.335 e. The molecule has 0 saturated heterocycles. The van der Waals surface area contributed by atoms with Crippen LogP contribution in [0.1, 0.15) is 31.1 Å². The van der Waals surface area contributed by atoms with Crippen LogP contribution in [0.2, 0.25) is 0 Å². The van der Waals surface area contributed by atoms with Crippen LogP contribution in [0, 0.1) is 0 Å². The molecule has 32 heavy (non-hydrogen) atoms. The summed E-state index contributed by atoms with van der Waals surface area (Å²) in [5.41, 5.74) is 2.12. The van der Waals surface area contributed by atoms with Crippen LogP contribution < -0.4 is 0 Å². The van der Waals surface area contributed by atoms with Crippen LogP contribution in [0.4, 0.5) is 0 Å². The quantitative estimate of drug-likeness (QED) is 0.421. The van der Waals surface area contributed by atoms with Crippen molar-refractivity contribution in [2.24, 2.45) is 0 Å².